The molecule has 0 aliphatic heterocycles. The van der Waals surface area contributed by atoms with Gasteiger partial charge in [-0.05, 0) is 52.0 Å². The molecule has 0 unspecified atom stereocenters. The smallest absolute Gasteiger partial charge is 0.245 e. The molecule has 0 spiro atoms. The van der Waals surface area contributed by atoms with E-state index in [2.05, 4.69) is 10.3 Å². The number of anilines is 1. The van der Waals surface area contributed by atoms with Crippen LogP contribution in [0.4, 0.5) is 5.69 Å². The number of amides is 1. The Morgan fingerprint density at radius 1 is 1.33 bits per heavy atom. The van der Waals surface area contributed by atoms with Crippen molar-refractivity contribution in [3.8, 4) is 5.88 Å². The fourth-order valence-corrected chi connectivity index (χ4v) is 2.76. The molecule has 3 aromatic rings. The Morgan fingerprint density at radius 2 is 2.19 bits per heavy atom. The zero-order chi connectivity index (χ0) is 14.8. The van der Waals surface area contributed by atoms with Crippen molar-refractivity contribution in [2.45, 2.75) is 6.04 Å². The number of aromatic hydroxyl groups is 1. The third kappa shape index (κ3) is 2.72. The molecule has 0 saturated carbocycles. The summed E-state index contributed by atoms with van der Waals surface area (Å²) < 4.78 is 0. The largest absolute Gasteiger partial charge is 0.493 e. The first-order valence-electron chi connectivity index (χ1n) is 6.31. The SMILES string of the molecule is N[C@@H](C(=O)Nc1ccc2c(O)nccc2c1)c1ccsc1. The number of nitrogens with one attached hydrogen (secondary N) is 1. The summed E-state index contributed by atoms with van der Waals surface area (Å²) in [5, 5.41) is 17.6. The van der Waals surface area contributed by atoms with Gasteiger partial charge in [-0.3, -0.25) is 4.79 Å². The topological polar surface area (TPSA) is 88.2 Å². The van der Waals surface area contributed by atoms with Gasteiger partial charge in [0.05, 0.1) is 0 Å². The number of hydrogen-bond acceptors (Lipinski definition) is 5. The van der Waals surface area contributed by atoms with E-state index >= 15 is 0 Å². The van der Waals surface area contributed by atoms with Gasteiger partial charge in [0.15, 0.2) is 0 Å². The van der Waals surface area contributed by atoms with Crippen LogP contribution in [0, 0.1) is 0 Å². The van der Waals surface area contributed by atoms with Crippen molar-refractivity contribution in [2.75, 3.05) is 5.32 Å². The number of fused-ring (bicyclic) bond motifs is 1. The molecule has 21 heavy (non-hydrogen) atoms. The van der Waals surface area contributed by atoms with E-state index in [1.807, 2.05) is 16.8 Å². The molecule has 2 heterocycles. The number of rotatable bonds is 3. The maximum Gasteiger partial charge on any atom is 0.245 e. The third-order valence-electron chi connectivity index (χ3n) is 3.20. The first kappa shape index (κ1) is 13.5. The first-order valence-corrected chi connectivity index (χ1v) is 7.26. The molecule has 6 heteroatoms. The summed E-state index contributed by atoms with van der Waals surface area (Å²) in [5.41, 5.74) is 7.33. The van der Waals surface area contributed by atoms with Crippen molar-refractivity contribution >= 4 is 33.7 Å². The predicted molar refractivity (Wildman–Crippen MR) is 83.3 cm³/mol. The molecule has 3 rings (SSSR count). The van der Waals surface area contributed by atoms with Crippen LogP contribution in [-0.2, 0) is 4.79 Å². The fraction of sp³-hybridized carbons (Fsp3) is 0.0667. The van der Waals surface area contributed by atoms with E-state index in [1.165, 1.54) is 17.5 Å². The number of benzene rings is 1. The number of pyridine rings is 1. The van der Waals surface area contributed by atoms with Gasteiger partial charge in [0.1, 0.15) is 6.04 Å². The van der Waals surface area contributed by atoms with E-state index < -0.39 is 6.04 Å². The van der Waals surface area contributed by atoms with Crippen LogP contribution in [0.15, 0.2) is 47.3 Å². The van der Waals surface area contributed by atoms with Gasteiger partial charge in [-0.1, -0.05) is 0 Å². The van der Waals surface area contributed by atoms with Crippen molar-refractivity contribution in [3.63, 3.8) is 0 Å². The average Bonchev–Trinajstić information content (AvgIpc) is 3.00. The number of nitrogens with two attached hydrogens (primary N) is 1. The third-order valence-corrected chi connectivity index (χ3v) is 3.90. The highest BCUT2D eigenvalue weighted by Crippen LogP contribution is 2.25. The molecule has 0 fully saturated rings. The lowest BCUT2D eigenvalue weighted by Gasteiger charge is -2.11. The van der Waals surface area contributed by atoms with E-state index in [0.29, 0.717) is 11.1 Å². The van der Waals surface area contributed by atoms with E-state index in [1.54, 1.807) is 24.3 Å². The Labute approximate surface area is 125 Å². The second-order valence-corrected chi connectivity index (χ2v) is 5.37. The minimum atomic E-state index is -0.696. The molecular formula is C15H13N3O2S. The molecule has 1 atom stereocenters. The molecule has 0 aliphatic carbocycles. The Hall–Kier alpha value is -2.44. The van der Waals surface area contributed by atoms with Gasteiger partial charge in [-0.25, -0.2) is 4.98 Å². The molecule has 2 aromatic heterocycles. The zero-order valence-electron chi connectivity index (χ0n) is 11.0. The summed E-state index contributed by atoms with van der Waals surface area (Å²) in [6.07, 6.45) is 1.51. The Balaban J connectivity index is 1.83. The highest BCUT2D eigenvalue weighted by Gasteiger charge is 2.16. The van der Waals surface area contributed by atoms with Crippen LogP contribution in [0.3, 0.4) is 0 Å². The van der Waals surface area contributed by atoms with Crippen LogP contribution >= 0.6 is 11.3 Å². The number of aromatic nitrogens is 1. The number of nitrogens with zero attached hydrogens (tertiary/aromatic N) is 1. The zero-order valence-corrected chi connectivity index (χ0v) is 11.8. The number of hydrogen-bond donors (Lipinski definition) is 3. The second kappa shape index (κ2) is 5.51. The van der Waals surface area contributed by atoms with E-state index in [-0.39, 0.29) is 11.8 Å². The number of thiophene rings is 1. The fourth-order valence-electron chi connectivity index (χ4n) is 2.06. The van der Waals surface area contributed by atoms with E-state index in [9.17, 15) is 9.90 Å². The molecule has 5 nitrogen and oxygen atoms in total. The highest BCUT2D eigenvalue weighted by molar-refractivity contribution is 7.08. The van der Waals surface area contributed by atoms with Crippen LogP contribution in [0.1, 0.15) is 11.6 Å². The minimum Gasteiger partial charge on any atom is -0.493 e. The summed E-state index contributed by atoms with van der Waals surface area (Å²) in [5.74, 6) is -0.300. The quantitative estimate of drug-likeness (QED) is 0.693. The van der Waals surface area contributed by atoms with Gasteiger partial charge in [-0.2, -0.15) is 11.3 Å². The van der Waals surface area contributed by atoms with Crippen molar-refractivity contribution in [3.05, 3.63) is 52.9 Å². The summed E-state index contributed by atoms with van der Waals surface area (Å²) in [4.78, 5) is 15.9. The van der Waals surface area contributed by atoms with Crippen molar-refractivity contribution in [1.29, 1.82) is 0 Å². The van der Waals surface area contributed by atoms with Gasteiger partial charge in [0.25, 0.3) is 0 Å². The normalized spacial score (nSPS) is 12.2. The van der Waals surface area contributed by atoms with Crippen LogP contribution in [-0.4, -0.2) is 16.0 Å². The van der Waals surface area contributed by atoms with Crippen molar-refractivity contribution in [1.82, 2.24) is 4.98 Å². The molecular weight excluding hydrogens is 286 g/mol. The van der Waals surface area contributed by atoms with Crippen LogP contribution in [0.5, 0.6) is 5.88 Å². The van der Waals surface area contributed by atoms with E-state index in [0.717, 1.165) is 10.9 Å². The second-order valence-electron chi connectivity index (χ2n) is 4.59. The first-order chi connectivity index (χ1) is 10.1. The lowest BCUT2D eigenvalue weighted by Crippen LogP contribution is -2.27. The Bertz CT molecular complexity index is 787. The van der Waals surface area contributed by atoms with Crippen molar-refractivity contribution < 1.29 is 9.90 Å². The molecule has 0 radical (unpaired) electrons. The predicted octanol–water partition coefficient (Wildman–Crippen LogP) is 2.64. The maximum absolute atomic E-state index is 12.1. The van der Waals surface area contributed by atoms with Gasteiger partial charge >= 0.3 is 0 Å². The number of carbonyl (C=O) groups excluding carboxylic acids is 1. The van der Waals surface area contributed by atoms with E-state index in [4.69, 9.17) is 5.73 Å². The monoisotopic (exact) mass is 299 g/mol. The Kier molecular flexibility index (Phi) is 3.55. The minimum absolute atomic E-state index is 0.0275. The van der Waals surface area contributed by atoms with Gasteiger partial charge in [0.2, 0.25) is 11.8 Å². The maximum atomic E-state index is 12.1. The molecule has 0 bridgehead atoms. The van der Waals surface area contributed by atoms with Crippen LogP contribution < -0.4 is 11.1 Å². The van der Waals surface area contributed by atoms with Crippen LogP contribution in [0.25, 0.3) is 10.8 Å². The highest BCUT2D eigenvalue weighted by atomic mass is 32.1. The molecule has 1 aromatic carbocycles. The summed E-state index contributed by atoms with van der Waals surface area (Å²) in [6, 6.07) is 8.10. The lowest BCUT2D eigenvalue weighted by atomic mass is 10.1. The molecule has 1 amide bonds. The summed E-state index contributed by atoms with van der Waals surface area (Å²) >= 11 is 1.50. The number of carbonyl (C=O) groups is 1. The van der Waals surface area contributed by atoms with Gasteiger partial charge in [-0.15, -0.1) is 0 Å². The molecule has 0 saturated heterocycles. The molecule has 4 N–H and O–H groups in total. The summed E-state index contributed by atoms with van der Waals surface area (Å²) in [7, 11) is 0. The van der Waals surface area contributed by atoms with Crippen LogP contribution in [0.2, 0.25) is 0 Å². The average molecular weight is 299 g/mol. The molecule has 106 valence electrons. The summed E-state index contributed by atoms with van der Waals surface area (Å²) in [6.45, 7) is 0. The lowest BCUT2D eigenvalue weighted by molar-refractivity contribution is -0.117. The molecule has 0 aliphatic rings. The van der Waals surface area contributed by atoms with Gasteiger partial charge in [0, 0.05) is 17.3 Å². The standard InChI is InChI=1S/C15H13N3O2S/c16-13(10-4-6-21-8-10)15(20)18-11-1-2-12-9(7-11)3-5-17-14(12)19/h1-8,13H,16H2,(H,17,19)(H,18,20)/t13-/m1/s1. The van der Waals surface area contributed by atoms with Gasteiger partial charge < -0.3 is 16.2 Å². The van der Waals surface area contributed by atoms with Crippen molar-refractivity contribution in [2.24, 2.45) is 5.73 Å². The Morgan fingerprint density at radius 3 is 2.95 bits per heavy atom.